The summed E-state index contributed by atoms with van der Waals surface area (Å²) in [7, 11) is 0. The number of benzene rings is 1. The number of rotatable bonds is 3. The molecule has 0 heterocycles. The van der Waals surface area contributed by atoms with E-state index in [1.165, 1.54) is 12.1 Å². The number of halogens is 2. The highest BCUT2D eigenvalue weighted by Crippen LogP contribution is 2.25. The highest BCUT2D eigenvalue weighted by atomic mass is 35.5. The Morgan fingerprint density at radius 2 is 2.07 bits per heavy atom. The van der Waals surface area contributed by atoms with Crippen LogP contribution in [0.4, 0.5) is 4.39 Å². The Bertz CT molecular complexity index is 323. The smallest absolute Gasteiger partial charge is 0.124 e. The average Bonchev–Trinajstić information content (AvgIpc) is 2.10. The summed E-state index contributed by atoms with van der Waals surface area (Å²) in [4.78, 5) is 0. The molecule has 1 nitrogen and oxygen atoms in total. The number of hydrogen-bond acceptors (Lipinski definition) is 1. The van der Waals surface area contributed by atoms with Gasteiger partial charge in [0.05, 0.1) is 0 Å². The van der Waals surface area contributed by atoms with Gasteiger partial charge in [0.2, 0.25) is 0 Å². The summed E-state index contributed by atoms with van der Waals surface area (Å²) < 4.78 is 12.8. The van der Waals surface area contributed by atoms with Gasteiger partial charge in [0.15, 0.2) is 0 Å². The zero-order valence-corrected chi connectivity index (χ0v) is 9.24. The fourth-order valence-corrected chi connectivity index (χ4v) is 1.49. The van der Waals surface area contributed by atoms with Gasteiger partial charge in [-0.2, -0.15) is 0 Å². The van der Waals surface area contributed by atoms with Crippen LogP contribution in [0.3, 0.4) is 0 Å². The minimum atomic E-state index is -0.302. The van der Waals surface area contributed by atoms with Crippen LogP contribution in [0.15, 0.2) is 18.2 Å². The van der Waals surface area contributed by atoms with Crippen molar-refractivity contribution in [3.8, 4) is 0 Å². The predicted molar refractivity (Wildman–Crippen MR) is 57.9 cm³/mol. The SMILES string of the molecule is CC(C)(CN)Cc1ccc(F)cc1Cl. The van der Waals surface area contributed by atoms with E-state index in [-0.39, 0.29) is 11.2 Å². The lowest BCUT2D eigenvalue weighted by Gasteiger charge is -2.22. The highest BCUT2D eigenvalue weighted by molar-refractivity contribution is 6.31. The Hall–Kier alpha value is -0.600. The third-order valence-corrected chi connectivity index (χ3v) is 2.59. The van der Waals surface area contributed by atoms with Crippen LogP contribution in [0.1, 0.15) is 19.4 Å². The number of hydrogen-bond donors (Lipinski definition) is 1. The van der Waals surface area contributed by atoms with Crippen LogP contribution >= 0.6 is 11.6 Å². The summed E-state index contributed by atoms with van der Waals surface area (Å²) in [5.41, 5.74) is 6.57. The van der Waals surface area contributed by atoms with E-state index in [1.54, 1.807) is 6.07 Å². The monoisotopic (exact) mass is 215 g/mol. The molecule has 78 valence electrons. The lowest BCUT2D eigenvalue weighted by Crippen LogP contribution is -2.26. The fraction of sp³-hybridized carbons (Fsp3) is 0.455. The second-order valence-electron chi connectivity index (χ2n) is 4.28. The quantitative estimate of drug-likeness (QED) is 0.824. The van der Waals surface area contributed by atoms with E-state index in [1.807, 2.05) is 0 Å². The van der Waals surface area contributed by atoms with E-state index in [4.69, 9.17) is 17.3 Å². The van der Waals surface area contributed by atoms with Crippen molar-refractivity contribution in [2.24, 2.45) is 11.1 Å². The molecule has 1 aromatic carbocycles. The molecule has 0 aliphatic carbocycles. The molecule has 0 unspecified atom stereocenters. The molecule has 0 amide bonds. The molecule has 0 bridgehead atoms. The van der Waals surface area contributed by atoms with Gasteiger partial charge in [-0.25, -0.2) is 4.39 Å². The van der Waals surface area contributed by atoms with E-state index < -0.39 is 0 Å². The van der Waals surface area contributed by atoms with Crippen LogP contribution in [-0.4, -0.2) is 6.54 Å². The summed E-state index contributed by atoms with van der Waals surface area (Å²) in [5.74, 6) is -0.302. The first-order chi connectivity index (χ1) is 6.44. The standard InChI is InChI=1S/C11H15ClFN/c1-11(2,7-14)6-8-3-4-9(13)5-10(8)12/h3-5H,6-7,14H2,1-2H3. The first-order valence-electron chi connectivity index (χ1n) is 4.58. The predicted octanol–water partition coefficient (Wildman–Crippen LogP) is 3.01. The normalized spacial score (nSPS) is 11.8. The Labute approximate surface area is 89.1 Å². The van der Waals surface area contributed by atoms with E-state index >= 15 is 0 Å². The van der Waals surface area contributed by atoms with Crippen LogP contribution in [0.25, 0.3) is 0 Å². The molecule has 3 heteroatoms. The minimum Gasteiger partial charge on any atom is -0.330 e. The maximum Gasteiger partial charge on any atom is 0.124 e. The molecular weight excluding hydrogens is 201 g/mol. The van der Waals surface area contributed by atoms with Gasteiger partial charge in [0.1, 0.15) is 5.82 Å². The van der Waals surface area contributed by atoms with Crippen molar-refractivity contribution >= 4 is 11.6 Å². The van der Waals surface area contributed by atoms with E-state index in [2.05, 4.69) is 13.8 Å². The summed E-state index contributed by atoms with van der Waals surface area (Å²) in [6.45, 7) is 4.71. The Kier molecular flexibility index (Phi) is 3.51. The van der Waals surface area contributed by atoms with Crippen molar-refractivity contribution in [2.45, 2.75) is 20.3 Å². The molecule has 0 atom stereocenters. The van der Waals surface area contributed by atoms with Gasteiger partial charge >= 0.3 is 0 Å². The summed E-state index contributed by atoms with van der Waals surface area (Å²) in [5, 5.41) is 0.478. The molecule has 14 heavy (non-hydrogen) atoms. The van der Waals surface area contributed by atoms with Crippen molar-refractivity contribution in [2.75, 3.05) is 6.54 Å². The maximum absolute atomic E-state index is 12.8. The third kappa shape index (κ3) is 2.96. The molecular formula is C11H15ClFN. The molecule has 0 spiro atoms. The van der Waals surface area contributed by atoms with Gasteiger partial charge in [0.25, 0.3) is 0 Å². The Morgan fingerprint density at radius 1 is 1.43 bits per heavy atom. The van der Waals surface area contributed by atoms with E-state index in [9.17, 15) is 4.39 Å². The molecule has 2 N–H and O–H groups in total. The lowest BCUT2D eigenvalue weighted by molar-refractivity contribution is 0.376. The van der Waals surface area contributed by atoms with Gasteiger partial charge in [-0.15, -0.1) is 0 Å². The second-order valence-corrected chi connectivity index (χ2v) is 4.69. The molecule has 0 saturated heterocycles. The van der Waals surface area contributed by atoms with Crippen molar-refractivity contribution < 1.29 is 4.39 Å². The molecule has 0 fully saturated rings. The molecule has 0 aliphatic heterocycles. The van der Waals surface area contributed by atoms with Crippen molar-refractivity contribution in [3.05, 3.63) is 34.6 Å². The first kappa shape index (κ1) is 11.5. The number of nitrogens with two attached hydrogens (primary N) is 1. The van der Waals surface area contributed by atoms with Crippen molar-refractivity contribution in [1.82, 2.24) is 0 Å². The Balaban J connectivity index is 2.87. The van der Waals surface area contributed by atoms with Crippen molar-refractivity contribution in [1.29, 1.82) is 0 Å². The zero-order valence-electron chi connectivity index (χ0n) is 8.48. The second kappa shape index (κ2) is 4.28. The van der Waals surface area contributed by atoms with Crippen LogP contribution in [0, 0.1) is 11.2 Å². The third-order valence-electron chi connectivity index (χ3n) is 2.24. The van der Waals surface area contributed by atoms with Crippen LogP contribution in [0.5, 0.6) is 0 Å². The van der Waals surface area contributed by atoms with Crippen LogP contribution in [0.2, 0.25) is 5.02 Å². The van der Waals surface area contributed by atoms with Crippen LogP contribution < -0.4 is 5.73 Å². The van der Waals surface area contributed by atoms with Gasteiger partial charge in [-0.1, -0.05) is 31.5 Å². The Morgan fingerprint density at radius 3 is 2.57 bits per heavy atom. The van der Waals surface area contributed by atoms with E-state index in [0.717, 1.165) is 12.0 Å². The van der Waals surface area contributed by atoms with E-state index in [0.29, 0.717) is 11.6 Å². The maximum atomic E-state index is 12.8. The summed E-state index contributed by atoms with van der Waals surface area (Å²) in [6, 6.07) is 4.48. The zero-order chi connectivity index (χ0) is 10.8. The largest absolute Gasteiger partial charge is 0.330 e. The summed E-state index contributed by atoms with van der Waals surface area (Å²) in [6.07, 6.45) is 0.766. The highest BCUT2D eigenvalue weighted by Gasteiger charge is 2.17. The molecule has 1 rings (SSSR count). The van der Waals surface area contributed by atoms with Gasteiger partial charge < -0.3 is 5.73 Å². The van der Waals surface area contributed by atoms with Gasteiger partial charge in [-0.05, 0) is 36.1 Å². The molecule has 0 radical (unpaired) electrons. The molecule has 0 aliphatic rings. The topological polar surface area (TPSA) is 26.0 Å². The fourth-order valence-electron chi connectivity index (χ4n) is 1.25. The lowest BCUT2D eigenvalue weighted by atomic mass is 9.86. The van der Waals surface area contributed by atoms with Gasteiger partial charge in [0, 0.05) is 5.02 Å². The molecule has 0 saturated carbocycles. The average molecular weight is 216 g/mol. The molecule has 1 aromatic rings. The van der Waals surface area contributed by atoms with Crippen LogP contribution in [-0.2, 0) is 6.42 Å². The summed E-state index contributed by atoms with van der Waals surface area (Å²) >= 11 is 5.91. The first-order valence-corrected chi connectivity index (χ1v) is 4.96. The van der Waals surface area contributed by atoms with Crippen molar-refractivity contribution in [3.63, 3.8) is 0 Å². The minimum absolute atomic E-state index is 0.00146. The molecule has 0 aromatic heterocycles. The van der Waals surface area contributed by atoms with Gasteiger partial charge in [-0.3, -0.25) is 0 Å².